The summed E-state index contributed by atoms with van der Waals surface area (Å²) in [5, 5.41) is 1.04. The average molecular weight is 539 g/mol. The first-order valence-electron chi connectivity index (χ1n) is 10.9. The molecule has 0 aliphatic carbocycles. The van der Waals surface area contributed by atoms with Gasteiger partial charge in [0, 0.05) is 26.2 Å². The summed E-state index contributed by atoms with van der Waals surface area (Å²) in [5.41, 5.74) is 1.62. The van der Waals surface area contributed by atoms with Gasteiger partial charge in [0.25, 0.3) is 0 Å². The molecule has 0 spiro atoms. The molecule has 1 aliphatic rings. The van der Waals surface area contributed by atoms with E-state index in [1.807, 2.05) is 0 Å². The molecule has 0 saturated carbocycles. The van der Waals surface area contributed by atoms with Crippen molar-refractivity contribution in [1.29, 1.82) is 0 Å². The van der Waals surface area contributed by atoms with Crippen LogP contribution < -0.4 is 15.4 Å². The van der Waals surface area contributed by atoms with E-state index in [0.29, 0.717) is 58.8 Å². The molecule has 3 heterocycles. The van der Waals surface area contributed by atoms with E-state index < -0.39 is 5.76 Å². The normalized spacial score (nSPS) is 14.2. The number of anilines is 1. The smallest absolute Gasteiger partial charge is 0.420 e. The zero-order chi connectivity index (χ0) is 23.7. The number of methoxy groups -OCH3 is 1. The predicted octanol–water partition coefficient (Wildman–Crippen LogP) is 3.65. The van der Waals surface area contributed by atoms with Gasteiger partial charge in [0.05, 0.1) is 35.6 Å². The number of carbonyl (C=O) groups is 1. The first kappa shape index (κ1) is 25.5. The van der Waals surface area contributed by atoms with Gasteiger partial charge in [-0.25, -0.2) is 9.78 Å². The van der Waals surface area contributed by atoms with Crippen molar-refractivity contribution in [3.63, 3.8) is 0 Å². The molecule has 5 rings (SSSR count). The highest BCUT2D eigenvalue weighted by atomic mass is 35.5. The molecule has 0 unspecified atom stereocenters. The SMILES string of the molecule is COc1ccc(Cl)c2sc(N(CCN3CCOCC3)C(=O)Cn3c(=O)oc4ccccc43)nc12.Cl. The molecule has 4 aromatic rings. The lowest BCUT2D eigenvalue weighted by atomic mass is 10.3. The fraction of sp³-hybridized carbons (Fsp3) is 0.348. The Hall–Kier alpha value is -2.63. The minimum absolute atomic E-state index is 0. The number of amides is 1. The molecule has 0 bridgehead atoms. The largest absolute Gasteiger partial charge is 0.494 e. The minimum atomic E-state index is -0.573. The predicted molar refractivity (Wildman–Crippen MR) is 139 cm³/mol. The Kier molecular flexibility index (Phi) is 7.98. The van der Waals surface area contributed by atoms with Gasteiger partial charge in [-0.1, -0.05) is 35.1 Å². The lowest BCUT2D eigenvalue weighted by molar-refractivity contribution is -0.119. The van der Waals surface area contributed by atoms with Crippen molar-refractivity contribution in [2.75, 3.05) is 51.4 Å². The minimum Gasteiger partial charge on any atom is -0.494 e. The van der Waals surface area contributed by atoms with Crippen molar-refractivity contribution in [2.24, 2.45) is 0 Å². The molecule has 1 amide bonds. The molecule has 0 radical (unpaired) electrons. The van der Waals surface area contributed by atoms with Crippen molar-refractivity contribution in [2.45, 2.75) is 6.54 Å². The van der Waals surface area contributed by atoms with Gasteiger partial charge in [0.15, 0.2) is 10.7 Å². The molecule has 0 N–H and O–H groups in total. The third-order valence-electron chi connectivity index (χ3n) is 5.81. The first-order valence-corrected chi connectivity index (χ1v) is 12.1. The van der Waals surface area contributed by atoms with E-state index in [9.17, 15) is 9.59 Å². The Morgan fingerprint density at radius 2 is 2.00 bits per heavy atom. The van der Waals surface area contributed by atoms with Crippen LogP contribution in [0.3, 0.4) is 0 Å². The number of fused-ring (bicyclic) bond motifs is 2. The number of halogens is 2. The van der Waals surface area contributed by atoms with Crippen LogP contribution in [0.4, 0.5) is 5.13 Å². The van der Waals surface area contributed by atoms with E-state index in [1.54, 1.807) is 48.4 Å². The van der Waals surface area contributed by atoms with Crippen LogP contribution in [0.15, 0.2) is 45.6 Å². The number of aromatic nitrogens is 2. The third-order valence-corrected chi connectivity index (χ3v) is 7.35. The van der Waals surface area contributed by atoms with E-state index in [-0.39, 0.29) is 24.9 Å². The topological polar surface area (TPSA) is 90.0 Å². The number of carbonyl (C=O) groups excluding carboxylic acids is 1. The summed E-state index contributed by atoms with van der Waals surface area (Å²) in [6.07, 6.45) is 0. The van der Waals surface area contributed by atoms with Gasteiger partial charge in [-0.15, -0.1) is 12.4 Å². The summed E-state index contributed by atoms with van der Waals surface area (Å²) in [6.45, 7) is 3.82. The zero-order valence-electron chi connectivity index (χ0n) is 18.9. The van der Waals surface area contributed by atoms with Crippen molar-refractivity contribution >= 4 is 67.7 Å². The molecule has 2 aromatic heterocycles. The monoisotopic (exact) mass is 538 g/mol. The number of hydrogen-bond donors (Lipinski definition) is 0. The van der Waals surface area contributed by atoms with Crippen LogP contribution in [0.1, 0.15) is 0 Å². The number of oxazole rings is 1. The van der Waals surface area contributed by atoms with E-state index in [1.165, 1.54) is 15.9 Å². The summed E-state index contributed by atoms with van der Waals surface area (Å²) in [6, 6.07) is 10.6. The zero-order valence-corrected chi connectivity index (χ0v) is 21.3. The second-order valence-electron chi connectivity index (χ2n) is 7.85. The Morgan fingerprint density at radius 1 is 1.23 bits per heavy atom. The maximum atomic E-state index is 13.6. The molecule has 186 valence electrons. The highest BCUT2D eigenvalue weighted by Crippen LogP contribution is 2.38. The summed E-state index contributed by atoms with van der Waals surface area (Å²) < 4.78 is 18.3. The Morgan fingerprint density at radius 3 is 2.77 bits per heavy atom. The van der Waals surface area contributed by atoms with Crippen LogP contribution >= 0.6 is 35.3 Å². The van der Waals surface area contributed by atoms with Gasteiger partial charge < -0.3 is 13.9 Å². The van der Waals surface area contributed by atoms with E-state index in [0.717, 1.165) is 17.8 Å². The Bertz CT molecular complexity index is 1400. The number of hydrogen-bond acceptors (Lipinski definition) is 8. The second kappa shape index (κ2) is 11.0. The van der Waals surface area contributed by atoms with Crippen LogP contribution in [0.2, 0.25) is 5.02 Å². The molecular formula is C23H24Cl2N4O5S. The van der Waals surface area contributed by atoms with Crippen LogP contribution in [-0.4, -0.2) is 66.9 Å². The van der Waals surface area contributed by atoms with Gasteiger partial charge >= 0.3 is 5.76 Å². The number of morpholine rings is 1. The van der Waals surface area contributed by atoms with Gasteiger partial charge in [-0.3, -0.25) is 19.2 Å². The number of ether oxygens (including phenoxy) is 2. The van der Waals surface area contributed by atoms with Crippen molar-refractivity contribution < 1.29 is 18.7 Å². The van der Waals surface area contributed by atoms with Gasteiger partial charge in [-0.2, -0.15) is 0 Å². The maximum absolute atomic E-state index is 13.6. The van der Waals surface area contributed by atoms with Crippen LogP contribution in [0.5, 0.6) is 5.75 Å². The van der Waals surface area contributed by atoms with Crippen LogP contribution in [0.25, 0.3) is 21.3 Å². The van der Waals surface area contributed by atoms with Crippen LogP contribution in [0, 0.1) is 0 Å². The molecule has 1 saturated heterocycles. The summed E-state index contributed by atoms with van der Waals surface area (Å²) in [7, 11) is 1.57. The Balaban J connectivity index is 0.00000289. The van der Waals surface area contributed by atoms with E-state index >= 15 is 0 Å². The van der Waals surface area contributed by atoms with Crippen molar-refractivity contribution in [3.05, 3.63) is 52.0 Å². The number of para-hydroxylation sites is 2. The molecule has 1 fully saturated rings. The molecule has 12 heteroatoms. The molecule has 0 atom stereocenters. The van der Waals surface area contributed by atoms with Gasteiger partial charge in [0.2, 0.25) is 5.91 Å². The fourth-order valence-corrected chi connectivity index (χ4v) is 5.30. The fourth-order valence-electron chi connectivity index (χ4n) is 4.00. The molecule has 1 aliphatic heterocycles. The lowest BCUT2D eigenvalue weighted by Gasteiger charge is -2.29. The average Bonchev–Trinajstić information content (AvgIpc) is 3.42. The number of benzene rings is 2. The number of rotatable bonds is 7. The molecule has 35 heavy (non-hydrogen) atoms. The maximum Gasteiger partial charge on any atom is 0.420 e. The molecule has 9 nitrogen and oxygen atoms in total. The van der Waals surface area contributed by atoms with E-state index in [2.05, 4.69) is 4.90 Å². The number of thiazole rings is 1. The van der Waals surface area contributed by atoms with Crippen LogP contribution in [-0.2, 0) is 16.1 Å². The summed E-state index contributed by atoms with van der Waals surface area (Å²) in [5.74, 6) is -0.257. The first-order chi connectivity index (χ1) is 16.5. The molecule has 2 aromatic carbocycles. The highest BCUT2D eigenvalue weighted by molar-refractivity contribution is 7.23. The lowest BCUT2D eigenvalue weighted by Crippen LogP contribution is -2.44. The van der Waals surface area contributed by atoms with E-state index in [4.69, 9.17) is 30.5 Å². The Labute approximate surface area is 216 Å². The highest BCUT2D eigenvalue weighted by Gasteiger charge is 2.25. The number of nitrogens with zero attached hydrogens (tertiary/aromatic N) is 4. The quantitative estimate of drug-likeness (QED) is 0.354. The standard InChI is InChI=1S/C23H23ClN4O5S.ClH/c1-31-18-7-6-15(24)21-20(18)25-22(34-21)27(9-8-26-10-12-32-13-11-26)19(29)14-28-16-4-2-3-5-17(16)33-23(28)30;/h2-7H,8-14H2,1H3;1H. The third kappa shape index (κ3) is 5.17. The summed E-state index contributed by atoms with van der Waals surface area (Å²) >= 11 is 7.74. The van der Waals surface area contributed by atoms with Gasteiger partial charge in [-0.05, 0) is 24.3 Å². The second-order valence-corrected chi connectivity index (χ2v) is 9.23. The van der Waals surface area contributed by atoms with Crippen molar-refractivity contribution in [3.8, 4) is 5.75 Å². The van der Waals surface area contributed by atoms with Crippen molar-refractivity contribution in [1.82, 2.24) is 14.5 Å². The molecular weight excluding hydrogens is 515 g/mol. The summed E-state index contributed by atoms with van der Waals surface area (Å²) in [4.78, 5) is 34.6. The van der Waals surface area contributed by atoms with Gasteiger partial charge in [0.1, 0.15) is 17.8 Å².